The number of alkyl carbamates (subject to hydrolysis) is 1. The van der Waals surface area contributed by atoms with E-state index in [9.17, 15) is 14.4 Å². The van der Waals surface area contributed by atoms with Gasteiger partial charge in [-0.05, 0) is 47.0 Å². The second kappa shape index (κ2) is 10.4. The second-order valence-electron chi connectivity index (χ2n) is 7.85. The summed E-state index contributed by atoms with van der Waals surface area (Å²) >= 11 is 1.26. The van der Waals surface area contributed by atoms with Gasteiger partial charge in [0.15, 0.2) is 5.69 Å². The Kier molecular flexibility index (Phi) is 8.87. The molecule has 158 valence electrons. The molecule has 1 aromatic rings. The van der Waals surface area contributed by atoms with Crippen molar-refractivity contribution in [2.45, 2.75) is 72.6 Å². The minimum absolute atomic E-state index is 0.191. The Hall–Kier alpha value is -2.16. The van der Waals surface area contributed by atoms with E-state index in [1.165, 1.54) is 11.3 Å². The van der Waals surface area contributed by atoms with Crippen LogP contribution in [0, 0.1) is 5.92 Å². The Labute approximate surface area is 170 Å². The van der Waals surface area contributed by atoms with Gasteiger partial charge in [0.05, 0.1) is 12.6 Å². The van der Waals surface area contributed by atoms with Crippen LogP contribution in [0.3, 0.4) is 0 Å². The average Bonchev–Trinajstić information content (AvgIpc) is 3.02. The summed E-state index contributed by atoms with van der Waals surface area (Å²) in [6.07, 6.45) is -0.177. The lowest BCUT2D eigenvalue weighted by Crippen LogP contribution is -2.49. The van der Waals surface area contributed by atoms with Gasteiger partial charge in [0, 0.05) is 5.38 Å². The van der Waals surface area contributed by atoms with Gasteiger partial charge in [-0.15, -0.1) is 11.3 Å². The van der Waals surface area contributed by atoms with E-state index < -0.39 is 29.7 Å². The lowest BCUT2D eigenvalue weighted by molar-refractivity contribution is -0.124. The largest absolute Gasteiger partial charge is 0.461 e. The minimum Gasteiger partial charge on any atom is -0.461 e. The monoisotopic (exact) mass is 413 g/mol. The van der Waals surface area contributed by atoms with Crippen molar-refractivity contribution < 1.29 is 23.9 Å². The Morgan fingerprint density at radius 2 is 1.82 bits per heavy atom. The quantitative estimate of drug-likeness (QED) is 0.632. The number of amides is 2. The van der Waals surface area contributed by atoms with Crippen LogP contribution in [0.2, 0.25) is 0 Å². The van der Waals surface area contributed by atoms with Gasteiger partial charge in [0.2, 0.25) is 5.91 Å². The fourth-order valence-corrected chi connectivity index (χ4v) is 3.11. The fourth-order valence-electron chi connectivity index (χ4n) is 2.31. The highest BCUT2D eigenvalue weighted by molar-refractivity contribution is 7.09. The number of carbonyl (C=O) groups excluding carboxylic acids is 3. The van der Waals surface area contributed by atoms with E-state index in [1.54, 1.807) is 40.0 Å². The number of thiazole rings is 1. The predicted octanol–water partition coefficient (Wildman–Crippen LogP) is 3.44. The third-order valence-electron chi connectivity index (χ3n) is 3.45. The highest BCUT2D eigenvalue weighted by Crippen LogP contribution is 2.19. The Morgan fingerprint density at radius 1 is 1.18 bits per heavy atom. The SMILES string of the molecule is CCOC(=O)c1csc(C(C)NC(=O)C(CC(C)C)NC(=O)OC(C)(C)C)n1. The van der Waals surface area contributed by atoms with E-state index in [0.717, 1.165) is 0 Å². The van der Waals surface area contributed by atoms with Crippen LogP contribution in [-0.2, 0) is 14.3 Å². The third-order valence-corrected chi connectivity index (χ3v) is 4.48. The topological polar surface area (TPSA) is 107 Å². The number of rotatable bonds is 8. The summed E-state index contributed by atoms with van der Waals surface area (Å²) in [5.74, 6) is -0.635. The minimum atomic E-state index is -0.734. The van der Waals surface area contributed by atoms with Crippen molar-refractivity contribution in [3.8, 4) is 0 Å². The maximum atomic E-state index is 12.7. The molecular weight excluding hydrogens is 382 g/mol. The van der Waals surface area contributed by atoms with E-state index in [1.807, 2.05) is 13.8 Å². The first-order valence-electron chi connectivity index (χ1n) is 9.35. The van der Waals surface area contributed by atoms with Crippen molar-refractivity contribution >= 4 is 29.3 Å². The predicted molar refractivity (Wildman–Crippen MR) is 107 cm³/mol. The molecule has 2 N–H and O–H groups in total. The van der Waals surface area contributed by atoms with E-state index >= 15 is 0 Å². The van der Waals surface area contributed by atoms with Gasteiger partial charge in [-0.3, -0.25) is 4.79 Å². The van der Waals surface area contributed by atoms with Crippen molar-refractivity contribution in [2.24, 2.45) is 5.92 Å². The summed E-state index contributed by atoms with van der Waals surface area (Å²) in [6.45, 7) is 13.0. The maximum Gasteiger partial charge on any atom is 0.408 e. The van der Waals surface area contributed by atoms with E-state index in [2.05, 4.69) is 15.6 Å². The summed E-state index contributed by atoms with van der Waals surface area (Å²) in [4.78, 5) is 40.8. The molecule has 2 atom stereocenters. The maximum absolute atomic E-state index is 12.7. The molecule has 0 radical (unpaired) electrons. The first-order valence-corrected chi connectivity index (χ1v) is 10.2. The molecule has 0 aliphatic heterocycles. The highest BCUT2D eigenvalue weighted by Gasteiger charge is 2.27. The van der Waals surface area contributed by atoms with Crippen molar-refractivity contribution in [3.63, 3.8) is 0 Å². The number of hydrogen-bond acceptors (Lipinski definition) is 7. The van der Waals surface area contributed by atoms with E-state index in [0.29, 0.717) is 11.4 Å². The van der Waals surface area contributed by atoms with Gasteiger partial charge in [0.25, 0.3) is 0 Å². The molecule has 0 spiro atoms. The van der Waals surface area contributed by atoms with Crippen LogP contribution in [0.25, 0.3) is 0 Å². The van der Waals surface area contributed by atoms with Crippen LogP contribution >= 0.6 is 11.3 Å². The zero-order chi connectivity index (χ0) is 21.5. The molecule has 0 saturated carbocycles. The molecule has 1 rings (SSSR count). The van der Waals surface area contributed by atoms with Crippen molar-refractivity contribution in [1.82, 2.24) is 15.6 Å². The summed E-state index contributed by atoms with van der Waals surface area (Å²) < 4.78 is 10.2. The Balaban J connectivity index is 2.78. The third kappa shape index (κ3) is 8.24. The Bertz CT molecular complexity index is 681. The van der Waals surface area contributed by atoms with E-state index in [-0.39, 0.29) is 24.1 Å². The lowest BCUT2D eigenvalue weighted by atomic mass is 10.0. The van der Waals surface area contributed by atoms with Gasteiger partial charge in [-0.2, -0.15) is 0 Å². The molecule has 0 aromatic carbocycles. The molecule has 1 aromatic heterocycles. The summed E-state index contributed by atoms with van der Waals surface area (Å²) in [5.41, 5.74) is -0.436. The molecule has 2 unspecified atom stereocenters. The smallest absolute Gasteiger partial charge is 0.408 e. The van der Waals surface area contributed by atoms with Crippen LogP contribution in [0.15, 0.2) is 5.38 Å². The molecule has 0 aliphatic rings. The number of nitrogens with one attached hydrogen (secondary N) is 2. The zero-order valence-corrected chi connectivity index (χ0v) is 18.4. The molecule has 0 bridgehead atoms. The molecule has 0 fully saturated rings. The molecule has 8 nitrogen and oxygen atoms in total. The van der Waals surface area contributed by atoms with Gasteiger partial charge in [-0.1, -0.05) is 13.8 Å². The number of nitrogens with zero attached hydrogens (tertiary/aromatic N) is 1. The summed E-state index contributed by atoms with van der Waals surface area (Å²) in [5, 5.41) is 7.66. The highest BCUT2D eigenvalue weighted by atomic mass is 32.1. The number of hydrogen-bond donors (Lipinski definition) is 2. The fraction of sp³-hybridized carbons (Fsp3) is 0.684. The van der Waals surface area contributed by atoms with Gasteiger partial charge < -0.3 is 20.1 Å². The van der Waals surface area contributed by atoms with Crippen LogP contribution in [0.5, 0.6) is 0 Å². The number of ether oxygens (including phenoxy) is 2. The molecule has 1 heterocycles. The number of carbonyl (C=O) groups is 3. The van der Waals surface area contributed by atoms with Gasteiger partial charge in [-0.25, -0.2) is 14.6 Å². The van der Waals surface area contributed by atoms with Crippen LogP contribution < -0.4 is 10.6 Å². The van der Waals surface area contributed by atoms with Gasteiger partial charge in [0.1, 0.15) is 16.7 Å². The second-order valence-corrected chi connectivity index (χ2v) is 8.74. The number of aromatic nitrogens is 1. The molecule has 28 heavy (non-hydrogen) atoms. The Morgan fingerprint density at radius 3 is 2.36 bits per heavy atom. The molecule has 0 aliphatic carbocycles. The van der Waals surface area contributed by atoms with Crippen LogP contribution in [0.1, 0.15) is 76.4 Å². The van der Waals surface area contributed by atoms with Crippen molar-refractivity contribution in [3.05, 3.63) is 16.1 Å². The van der Waals surface area contributed by atoms with Crippen molar-refractivity contribution in [1.29, 1.82) is 0 Å². The molecular formula is C19H31N3O5S. The summed E-state index contributed by atoms with van der Waals surface area (Å²) in [6, 6.07) is -1.16. The summed E-state index contributed by atoms with van der Waals surface area (Å²) in [7, 11) is 0. The zero-order valence-electron chi connectivity index (χ0n) is 17.6. The molecule has 0 saturated heterocycles. The first-order chi connectivity index (χ1) is 12.9. The standard InChI is InChI=1S/C19H31N3O5S/c1-8-26-17(24)14-10-28-16(21-14)12(4)20-15(23)13(9-11(2)3)22-18(25)27-19(5,6)7/h10-13H,8-9H2,1-7H3,(H,20,23)(H,22,25). The van der Waals surface area contributed by atoms with Crippen LogP contribution in [-0.4, -0.2) is 41.2 Å². The average molecular weight is 414 g/mol. The normalized spacial score (nSPS) is 13.6. The molecule has 2 amide bonds. The van der Waals surface area contributed by atoms with Gasteiger partial charge >= 0.3 is 12.1 Å². The first kappa shape index (κ1) is 23.9. The van der Waals surface area contributed by atoms with Crippen LogP contribution in [0.4, 0.5) is 4.79 Å². The van der Waals surface area contributed by atoms with Crippen molar-refractivity contribution in [2.75, 3.05) is 6.61 Å². The molecule has 9 heteroatoms. The lowest BCUT2D eigenvalue weighted by Gasteiger charge is -2.25. The number of esters is 1. The van der Waals surface area contributed by atoms with E-state index in [4.69, 9.17) is 9.47 Å².